The van der Waals surface area contributed by atoms with Gasteiger partial charge in [-0.2, -0.15) is 0 Å². The van der Waals surface area contributed by atoms with Gasteiger partial charge in [0, 0.05) is 12.5 Å². The summed E-state index contributed by atoms with van der Waals surface area (Å²) in [6.45, 7) is 0. The number of esters is 1. The Bertz CT molecular complexity index is 721. The topological polar surface area (TPSA) is 47.6 Å². The average Bonchev–Trinajstić information content (AvgIpc) is 2.88. The maximum Gasteiger partial charge on any atom is 0.338 e. The van der Waals surface area contributed by atoms with Crippen molar-refractivity contribution < 1.29 is 14.3 Å². The molecule has 0 unspecified atom stereocenters. The van der Waals surface area contributed by atoms with Crippen molar-refractivity contribution in [2.45, 2.75) is 44.2 Å². The molecule has 1 aliphatic carbocycles. The first-order chi connectivity index (χ1) is 12.7. The molecular formula is C21H23NO3S. The third kappa shape index (κ3) is 5.56. The number of thiocarbonyl (C=S) groups is 1. The number of hydrogen-bond acceptors (Lipinski definition) is 4. The molecule has 0 aliphatic heterocycles. The molecule has 2 aromatic rings. The van der Waals surface area contributed by atoms with E-state index in [2.05, 4.69) is 5.32 Å². The van der Waals surface area contributed by atoms with Gasteiger partial charge >= 0.3 is 5.97 Å². The zero-order valence-electron chi connectivity index (χ0n) is 14.6. The molecule has 1 N–H and O–H groups in total. The second kappa shape index (κ2) is 9.34. The highest BCUT2D eigenvalue weighted by Gasteiger charge is 2.24. The van der Waals surface area contributed by atoms with Crippen molar-refractivity contribution in [1.82, 2.24) is 5.32 Å². The molecular weight excluding hydrogens is 346 g/mol. The summed E-state index contributed by atoms with van der Waals surface area (Å²) >= 11 is 5.32. The smallest absolute Gasteiger partial charge is 0.338 e. The Balaban J connectivity index is 1.53. The Kier molecular flexibility index (Phi) is 6.61. The Morgan fingerprint density at radius 3 is 2.35 bits per heavy atom. The highest BCUT2D eigenvalue weighted by Crippen LogP contribution is 2.22. The molecule has 3 rings (SSSR count). The first-order valence-corrected chi connectivity index (χ1v) is 9.41. The minimum absolute atomic E-state index is 0.109. The predicted molar refractivity (Wildman–Crippen MR) is 105 cm³/mol. The number of ether oxygens (including phenoxy) is 2. The van der Waals surface area contributed by atoms with Gasteiger partial charge in [0.1, 0.15) is 11.9 Å². The predicted octanol–water partition coefficient (Wildman–Crippen LogP) is 4.50. The number of nitrogens with one attached hydrogen (secondary N) is 1. The Labute approximate surface area is 159 Å². The molecule has 0 heterocycles. The van der Waals surface area contributed by atoms with E-state index in [1.165, 1.54) is 0 Å². The summed E-state index contributed by atoms with van der Waals surface area (Å²) in [6, 6.07) is 18.7. The normalized spacial score (nSPS) is 19.8. The number of benzene rings is 2. The molecule has 4 nitrogen and oxygen atoms in total. The van der Waals surface area contributed by atoms with E-state index in [0.717, 1.165) is 32.1 Å². The lowest BCUT2D eigenvalue weighted by Crippen LogP contribution is -2.38. The van der Waals surface area contributed by atoms with Crippen LogP contribution in [-0.4, -0.2) is 23.3 Å². The van der Waals surface area contributed by atoms with Crippen molar-refractivity contribution >= 4 is 23.4 Å². The van der Waals surface area contributed by atoms with Crippen molar-refractivity contribution in [2.75, 3.05) is 0 Å². The monoisotopic (exact) mass is 369 g/mol. The lowest BCUT2D eigenvalue weighted by molar-refractivity contribution is 0.0254. The van der Waals surface area contributed by atoms with Gasteiger partial charge in [-0.3, -0.25) is 0 Å². The minimum Gasteiger partial charge on any atom is -0.459 e. The second-order valence-electron chi connectivity index (χ2n) is 6.46. The van der Waals surface area contributed by atoms with E-state index in [1.807, 2.05) is 48.5 Å². The van der Waals surface area contributed by atoms with Crippen LogP contribution in [0.4, 0.5) is 0 Å². The summed E-state index contributed by atoms with van der Waals surface area (Å²) in [5.41, 5.74) is 0.587. The molecule has 0 saturated heterocycles. The lowest BCUT2D eigenvalue weighted by atomic mass is 10.1. The molecule has 1 aliphatic rings. The van der Waals surface area contributed by atoms with Crippen LogP contribution in [0, 0.1) is 0 Å². The fourth-order valence-corrected chi connectivity index (χ4v) is 3.40. The van der Waals surface area contributed by atoms with Gasteiger partial charge in [-0.1, -0.05) is 42.8 Å². The largest absolute Gasteiger partial charge is 0.459 e. The lowest BCUT2D eigenvalue weighted by Gasteiger charge is -2.22. The summed E-state index contributed by atoms with van der Waals surface area (Å²) in [6.07, 6.45) is 4.60. The van der Waals surface area contributed by atoms with Gasteiger partial charge in [0.05, 0.1) is 5.56 Å². The molecule has 5 heteroatoms. The Hall–Kier alpha value is -2.40. The zero-order chi connectivity index (χ0) is 18.2. The van der Waals surface area contributed by atoms with Crippen LogP contribution in [0.25, 0.3) is 0 Å². The third-order valence-corrected chi connectivity index (χ3v) is 4.64. The Morgan fingerprint density at radius 1 is 0.962 bits per heavy atom. The molecule has 2 aromatic carbocycles. The van der Waals surface area contributed by atoms with Gasteiger partial charge in [-0.25, -0.2) is 4.79 Å². The van der Waals surface area contributed by atoms with E-state index in [1.54, 1.807) is 12.1 Å². The standard InChI is InChI=1S/C21H23NO3S/c23-20(16-9-3-1-4-10-16)24-19-14-8-7-11-17(15-19)22-21(26)25-18-12-5-2-6-13-18/h1-6,9-10,12-13,17,19H,7-8,11,14-15H2,(H,22,26)/t17-,19+/m0/s1. The minimum atomic E-state index is -0.264. The summed E-state index contributed by atoms with van der Waals surface area (Å²) < 4.78 is 11.4. The van der Waals surface area contributed by atoms with Crippen LogP contribution in [0.1, 0.15) is 42.5 Å². The average molecular weight is 369 g/mol. The molecule has 136 valence electrons. The van der Waals surface area contributed by atoms with Crippen molar-refractivity contribution in [3.05, 3.63) is 66.2 Å². The molecule has 0 amide bonds. The van der Waals surface area contributed by atoms with E-state index >= 15 is 0 Å². The third-order valence-electron chi connectivity index (χ3n) is 4.44. The SMILES string of the molecule is O=C(O[C@@H]1CCCC[C@H](NC(=S)Oc2ccccc2)C1)c1ccccc1. The van der Waals surface area contributed by atoms with Gasteiger partial charge in [0.15, 0.2) is 0 Å². The summed E-state index contributed by atoms with van der Waals surface area (Å²) in [7, 11) is 0. The quantitative estimate of drug-likeness (QED) is 0.488. The molecule has 1 fully saturated rings. The number of carbonyl (C=O) groups is 1. The highest BCUT2D eigenvalue weighted by atomic mass is 32.1. The zero-order valence-corrected chi connectivity index (χ0v) is 15.4. The molecule has 2 atom stereocenters. The van der Waals surface area contributed by atoms with E-state index in [9.17, 15) is 4.79 Å². The number of para-hydroxylation sites is 1. The number of carbonyl (C=O) groups excluding carboxylic acids is 1. The maximum atomic E-state index is 12.3. The van der Waals surface area contributed by atoms with Gasteiger partial charge in [-0.15, -0.1) is 0 Å². The molecule has 0 spiro atoms. The highest BCUT2D eigenvalue weighted by molar-refractivity contribution is 7.80. The molecule has 1 saturated carbocycles. The fourth-order valence-electron chi connectivity index (χ4n) is 3.14. The maximum absolute atomic E-state index is 12.3. The van der Waals surface area contributed by atoms with Crippen LogP contribution in [-0.2, 0) is 4.74 Å². The van der Waals surface area contributed by atoms with E-state index in [-0.39, 0.29) is 18.1 Å². The summed E-state index contributed by atoms with van der Waals surface area (Å²) in [4.78, 5) is 12.3. The summed E-state index contributed by atoms with van der Waals surface area (Å²) in [5.74, 6) is 0.449. The fraction of sp³-hybridized carbons (Fsp3) is 0.333. The van der Waals surface area contributed by atoms with Crippen molar-refractivity contribution in [3.63, 3.8) is 0 Å². The molecule has 26 heavy (non-hydrogen) atoms. The molecule has 0 bridgehead atoms. The first-order valence-electron chi connectivity index (χ1n) is 9.00. The second-order valence-corrected chi connectivity index (χ2v) is 6.83. The summed E-state index contributed by atoms with van der Waals surface area (Å²) in [5, 5.41) is 3.63. The molecule has 0 aromatic heterocycles. The van der Waals surface area contributed by atoms with E-state index in [4.69, 9.17) is 21.7 Å². The van der Waals surface area contributed by atoms with Crippen LogP contribution in [0.2, 0.25) is 0 Å². The van der Waals surface area contributed by atoms with Gasteiger partial charge in [0.25, 0.3) is 5.17 Å². The molecule has 0 radical (unpaired) electrons. The van der Waals surface area contributed by atoms with Crippen LogP contribution < -0.4 is 10.1 Å². The van der Waals surface area contributed by atoms with Crippen LogP contribution in [0.15, 0.2) is 60.7 Å². The van der Waals surface area contributed by atoms with Crippen molar-refractivity contribution in [1.29, 1.82) is 0 Å². The van der Waals surface area contributed by atoms with Crippen molar-refractivity contribution in [2.24, 2.45) is 0 Å². The van der Waals surface area contributed by atoms with E-state index < -0.39 is 0 Å². The first kappa shape index (κ1) is 18.4. The van der Waals surface area contributed by atoms with E-state index in [0.29, 0.717) is 16.5 Å². The van der Waals surface area contributed by atoms with Gasteiger partial charge in [0.2, 0.25) is 0 Å². The van der Waals surface area contributed by atoms with Crippen molar-refractivity contribution in [3.8, 4) is 5.75 Å². The van der Waals surface area contributed by atoms with Crippen LogP contribution in [0.3, 0.4) is 0 Å². The number of hydrogen-bond donors (Lipinski definition) is 1. The Morgan fingerprint density at radius 2 is 1.62 bits per heavy atom. The number of rotatable bonds is 4. The van der Waals surface area contributed by atoms with Gasteiger partial charge in [-0.05, 0) is 55.7 Å². The van der Waals surface area contributed by atoms with Crippen LogP contribution in [0.5, 0.6) is 5.75 Å². The van der Waals surface area contributed by atoms with Gasteiger partial charge < -0.3 is 14.8 Å². The van der Waals surface area contributed by atoms with Crippen LogP contribution >= 0.6 is 12.2 Å².